The van der Waals surface area contributed by atoms with Gasteiger partial charge in [0, 0.05) is 12.0 Å². The molecular weight excluding hydrogens is 246 g/mol. The maximum atomic E-state index is 12.9. The summed E-state index contributed by atoms with van der Waals surface area (Å²) in [7, 11) is 0. The summed E-state index contributed by atoms with van der Waals surface area (Å²) in [4.78, 5) is 10.5. The van der Waals surface area contributed by atoms with E-state index in [1.807, 2.05) is 0 Å². The first-order valence-electron chi connectivity index (χ1n) is 5.50. The first kappa shape index (κ1) is 12.6. The fourth-order valence-corrected chi connectivity index (χ4v) is 1.81. The second kappa shape index (κ2) is 5.20. The molecule has 0 amide bonds. The van der Waals surface area contributed by atoms with E-state index in [2.05, 4.69) is 0 Å². The summed E-state index contributed by atoms with van der Waals surface area (Å²) < 4.78 is 36.3. The molecule has 4 nitrogen and oxygen atoms in total. The molecule has 1 aliphatic heterocycles. The molecule has 0 aromatic heterocycles. The number of fused-ring (bicyclic) bond motifs is 1. The number of carboxylic acids is 1. The van der Waals surface area contributed by atoms with Crippen LogP contribution in [-0.2, 0) is 11.2 Å². The Labute approximate surface area is 102 Å². The molecule has 0 fully saturated rings. The lowest BCUT2D eigenvalue weighted by atomic mass is 10.0. The molecule has 1 aromatic carbocycles. The smallest absolute Gasteiger partial charge is 0.303 e. The Morgan fingerprint density at radius 1 is 1.28 bits per heavy atom. The molecule has 1 N–H and O–H groups in total. The van der Waals surface area contributed by atoms with Crippen molar-refractivity contribution in [2.45, 2.75) is 19.3 Å². The predicted octanol–water partition coefficient (Wildman–Crippen LogP) is 2.41. The van der Waals surface area contributed by atoms with Crippen molar-refractivity contribution in [2.24, 2.45) is 0 Å². The molecule has 0 saturated carbocycles. The van der Waals surface area contributed by atoms with Gasteiger partial charge in [-0.25, -0.2) is 8.78 Å². The second-order valence-corrected chi connectivity index (χ2v) is 3.89. The lowest BCUT2D eigenvalue weighted by Gasteiger charge is -2.21. The van der Waals surface area contributed by atoms with Gasteiger partial charge in [0.1, 0.15) is 13.2 Å². The third-order valence-electron chi connectivity index (χ3n) is 2.65. The predicted molar refractivity (Wildman–Crippen MR) is 58.3 cm³/mol. The van der Waals surface area contributed by atoms with E-state index in [-0.39, 0.29) is 29.7 Å². The Morgan fingerprint density at radius 3 is 2.44 bits per heavy atom. The van der Waals surface area contributed by atoms with E-state index < -0.39 is 12.4 Å². The number of aryl methyl sites for hydroxylation is 1. The fraction of sp³-hybridized carbons (Fsp3) is 0.417. The van der Waals surface area contributed by atoms with Crippen LogP contribution in [0.4, 0.5) is 8.78 Å². The lowest BCUT2D eigenvalue weighted by Crippen LogP contribution is -2.16. The van der Waals surface area contributed by atoms with Crippen molar-refractivity contribution in [1.29, 1.82) is 0 Å². The van der Waals surface area contributed by atoms with Crippen LogP contribution in [0.25, 0.3) is 0 Å². The van der Waals surface area contributed by atoms with Gasteiger partial charge in [0.2, 0.25) is 0 Å². The molecular formula is C12H12F2O4. The number of hydrogen-bond acceptors (Lipinski definition) is 3. The molecule has 0 atom stereocenters. The zero-order valence-electron chi connectivity index (χ0n) is 9.49. The number of halogens is 2. The number of alkyl halides is 2. The number of aliphatic carboxylic acids is 1. The van der Waals surface area contributed by atoms with E-state index in [9.17, 15) is 13.6 Å². The van der Waals surface area contributed by atoms with Gasteiger partial charge in [0.15, 0.2) is 11.5 Å². The van der Waals surface area contributed by atoms with E-state index in [1.54, 1.807) is 0 Å². The Bertz CT molecular complexity index is 460. The van der Waals surface area contributed by atoms with Crippen molar-refractivity contribution >= 4 is 5.97 Å². The lowest BCUT2D eigenvalue weighted by molar-refractivity contribution is -0.136. The van der Waals surface area contributed by atoms with E-state index in [0.717, 1.165) is 0 Å². The quantitative estimate of drug-likeness (QED) is 0.901. The van der Waals surface area contributed by atoms with E-state index in [4.69, 9.17) is 14.6 Å². The van der Waals surface area contributed by atoms with Crippen LogP contribution in [0.15, 0.2) is 12.1 Å². The normalized spacial score (nSPS) is 13.7. The standard InChI is InChI=1S/C12H12F2O4/c13-12(14)8-6-10-9(17-3-4-18-10)5-7(8)1-2-11(15)16/h5-6,12H,1-4H2,(H,15,16). The highest BCUT2D eigenvalue weighted by Gasteiger charge is 2.20. The van der Waals surface area contributed by atoms with Crippen LogP contribution in [0.5, 0.6) is 11.5 Å². The van der Waals surface area contributed by atoms with Crippen molar-refractivity contribution in [2.75, 3.05) is 13.2 Å². The van der Waals surface area contributed by atoms with Crippen LogP contribution >= 0.6 is 0 Å². The summed E-state index contributed by atoms with van der Waals surface area (Å²) >= 11 is 0. The summed E-state index contributed by atoms with van der Waals surface area (Å²) in [5.74, 6) is -0.341. The molecule has 98 valence electrons. The highest BCUT2D eigenvalue weighted by molar-refractivity contribution is 5.67. The molecule has 0 unspecified atom stereocenters. The third kappa shape index (κ3) is 2.69. The highest BCUT2D eigenvalue weighted by Crippen LogP contribution is 2.37. The summed E-state index contributed by atoms with van der Waals surface area (Å²) in [5, 5.41) is 8.60. The van der Waals surface area contributed by atoms with Gasteiger partial charge in [-0.1, -0.05) is 0 Å². The van der Waals surface area contributed by atoms with Crippen LogP contribution in [0.2, 0.25) is 0 Å². The second-order valence-electron chi connectivity index (χ2n) is 3.89. The fourth-order valence-electron chi connectivity index (χ4n) is 1.81. The van der Waals surface area contributed by atoms with Gasteiger partial charge in [0.05, 0.1) is 0 Å². The highest BCUT2D eigenvalue weighted by atomic mass is 19.3. The first-order valence-corrected chi connectivity index (χ1v) is 5.50. The minimum atomic E-state index is -2.66. The van der Waals surface area contributed by atoms with Gasteiger partial charge in [0.25, 0.3) is 6.43 Å². The summed E-state index contributed by atoms with van der Waals surface area (Å²) in [6.45, 7) is 0.684. The Morgan fingerprint density at radius 2 is 1.89 bits per heavy atom. The number of hydrogen-bond donors (Lipinski definition) is 1. The SMILES string of the molecule is O=C(O)CCc1cc2c(cc1C(F)F)OCCO2. The number of benzene rings is 1. The molecule has 1 heterocycles. The molecule has 18 heavy (non-hydrogen) atoms. The maximum absolute atomic E-state index is 12.9. The Kier molecular flexibility index (Phi) is 3.64. The molecule has 1 aromatic rings. The van der Waals surface area contributed by atoms with Gasteiger partial charge in [-0.3, -0.25) is 4.79 Å². The average Bonchev–Trinajstić information content (AvgIpc) is 2.35. The van der Waals surface area contributed by atoms with Crippen molar-refractivity contribution in [3.05, 3.63) is 23.3 Å². The summed E-state index contributed by atoms with van der Waals surface area (Å²) in [5.41, 5.74) is 0.0946. The van der Waals surface area contributed by atoms with Crippen molar-refractivity contribution in [3.63, 3.8) is 0 Å². The zero-order valence-corrected chi connectivity index (χ0v) is 9.49. The monoisotopic (exact) mass is 258 g/mol. The van der Waals surface area contributed by atoms with Gasteiger partial charge < -0.3 is 14.6 Å². The van der Waals surface area contributed by atoms with Crippen LogP contribution in [0.3, 0.4) is 0 Å². The van der Waals surface area contributed by atoms with E-state index in [0.29, 0.717) is 19.0 Å². The summed E-state index contributed by atoms with van der Waals surface area (Å²) in [6, 6.07) is 2.68. The number of rotatable bonds is 4. The van der Waals surface area contributed by atoms with Crippen LogP contribution in [-0.4, -0.2) is 24.3 Å². The van der Waals surface area contributed by atoms with E-state index >= 15 is 0 Å². The topological polar surface area (TPSA) is 55.8 Å². The van der Waals surface area contributed by atoms with Crippen LogP contribution in [0.1, 0.15) is 24.0 Å². The number of carboxylic acid groups (broad SMARTS) is 1. The van der Waals surface area contributed by atoms with Gasteiger partial charge in [-0.05, 0) is 24.1 Å². The zero-order chi connectivity index (χ0) is 13.1. The van der Waals surface area contributed by atoms with E-state index in [1.165, 1.54) is 12.1 Å². The van der Waals surface area contributed by atoms with Gasteiger partial charge in [-0.2, -0.15) is 0 Å². The minimum absolute atomic E-state index is 0.0473. The number of ether oxygens (including phenoxy) is 2. The Balaban J connectivity index is 2.32. The third-order valence-corrected chi connectivity index (χ3v) is 2.65. The maximum Gasteiger partial charge on any atom is 0.303 e. The summed E-state index contributed by atoms with van der Waals surface area (Å²) in [6.07, 6.45) is -2.81. The molecule has 1 aliphatic rings. The van der Waals surface area contributed by atoms with Gasteiger partial charge in [-0.15, -0.1) is 0 Å². The molecule has 6 heteroatoms. The molecule has 0 radical (unpaired) electrons. The van der Waals surface area contributed by atoms with Gasteiger partial charge >= 0.3 is 5.97 Å². The molecule has 0 aliphatic carbocycles. The van der Waals surface area contributed by atoms with Crippen LogP contribution in [0, 0.1) is 0 Å². The van der Waals surface area contributed by atoms with Crippen molar-refractivity contribution < 1.29 is 28.2 Å². The molecule has 0 saturated heterocycles. The van der Waals surface area contributed by atoms with Crippen molar-refractivity contribution in [3.8, 4) is 11.5 Å². The largest absolute Gasteiger partial charge is 0.486 e. The van der Waals surface area contributed by atoms with Crippen molar-refractivity contribution in [1.82, 2.24) is 0 Å². The molecule has 0 spiro atoms. The number of carbonyl (C=O) groups is 1. The first-order chi connectivity index (χ1) is 8.58. The molecule has 0 bridgehead atoms. The minimum Gasteiger partial charge on any atom is -0.486 e. The molecule has 2 rings (SSSR count). The Hall–Kier alpha value is -1.85. The average molecular weight is 258 g/mol. The van der Waals surface area contributed by atoms with Crippen LogP contribution < -0.4 is 9.47 Å².